The van der Waals surface area contributed by atoms with Crippen molar-refractivity contribution in [1.82, 2.24) is 4.57 Å². The number of aromatic nitrogens is 1. The van der Waals surface area contributed by atoms with Crippen molar-refractivity contribution in [2.45, 2.75) is 26.8 Å². The van der Waals surface area contributed by atoms with E-state index in [0.29, 0.717) is 5.69 Å². The van der Waals surface area contributed by atoms with Crippen molar-refractivity contribution in [2.24, 2.45) is 0 Å². The number of aryl methyl sites for hydroxylation is 2. The highest BCUT2D eigenvalue weighted by molar-refractivity contribution is 14.1. The molecule has 1 atom stereocenters. The lowest BCUT2D eigenvalue weighted by Gasteiger charge is -2.15. The molecule has 0 amide bonds. The van der Waals surface area contributed by atoms with Gasteiger partial charge in [0.05, 0.1) is 6.04 Å². The Balaban J connectivity index is 2.48. The van der Waals surface area contributed by atoms with Crippen molar-refractivity contribution in [2.75, 3.05) is 0 Å². The van der Waals surface area contributed by atoms with Crippen LogP contribution in [0.15, 0.2) is 18.3 Å². The molecule has 0 aromatic carbocycles. The van der Waals surface area contributed by atoms with Gasteiger partial charge < -0.3 is 9.67 Å². The summed E-state index contributed by atoms with van der Waals surface area (Å²) in [6.07, 6.45) is 1.89. The number of nitrogens with zero attached hydrogens (tertiary/aromatic N) is 1. The average Bonchev–Trinajstić information content (AvgIpc) is 2.81. The summed E-state index contributed by atoms with van der Waals surface area (Å²) in [6, 6.07) is 3.89. The van der Waals surface area contributed by atoms with E-state index in [9.17, 15) is 9.90 Å². The summed E-state index contributed by atoms with van der Waals surface area (Å²) >= 11 is 3.90. The number of hydrogen-bond donors (Lipinski definition) is 1. The molecule has 0 aliphatic rings. The van der Waals surface area contributed by atoms with Crippen molar-refractivity contribution in [1.29, 1.82) is 0 Å². The van der Waals surface area contributed by atoms with Gasteiger partial charge in [0.2, 0.25) is 0 Å². The van der Waals surface area contributed by atoms with Crippen LogP contribution in [-0.2, 0) is 0 Å². The molecule has 0 aliphatic carbocycles. The smallest absolute Gasteiger partial charge is 0.352 e. The Morgan fingerprint density at radius 3 is 2.61 bits per heavy atom. The molecular weight excluding hydrogens is 361 g/mol. The zero-order chi connectivity index (χ0) is 13.4. The molecule has 1 N–H and O–H groups in total. The summed E-state index contributed by atoms with van der Waals surface area (Å²) in [5.74, 6) is -0.880. The zero-order valence-corrected chi connectivity index (χ0v) is 13.4. The summed E-state index contributed by atoms with van der Waals surface area (Å²) in [5.41, 5.74) is 1.54. The standard InChI is InChI=1S/C13H14INO2S/c1-7-4-11(9(3)18-7)8(2)15-6-10(14)5-12(15)13(16)17/h4-6,8H,1-3H3,(H,16,17). The molecule has 18 heavy (non-hydrogen) atoms. The first-order valence-electron chi connectivity index (χ1n) is 5.57. The molecular formula is C13H14INO2S. The maximum atomic E-state index is 11.2. The number of aromatic carboxylic acids is 1. The highest BCUT2D eigenvalue weighted by atomic mass is 127. The largest absolute Gasteiger partial charge is 0.477 e. The van der Waals surface area contributed by atoms with Crippen molar-refractivity contribution in [3.05, 3.63) is 42.9 Å². The second-order valence-electron chi connectivity index (χ2n) is 4.30. The van der Waals surface area contributed by atoms with Gasteiger partial charge in [-0.1, -0.05) is 0 Å². The van der Waals surface area contributed by atoms with Gasteiger partial charge in [-0.25, -0.2) is 4.79 Å². The number of carboxylic acids is 1. The normalized spacial score (nSPS) is 12.7. The number of thiophene rings is 1. The predicted molar refractivity (Wildman–Crippen MR) is 81.7 cm³/mol. The van der Waals surface area contributed by atoms with E-state index in [1.807, 2.05) is 17.7 Å². The van der Waals surface area contributed by atoms with Gasteiger partial charge in [-0.15, -0.1) is 11.3 Å². The van der Waals surface area contributed by atoms with Gasteiger partial charge >= 0.3 is 5.97 Å². The van der Waals surface area contributed by atoms with Crippen LogP contribution in [0.5, 0.6) is 0 Å². The van der Waals surface area contributed by atoms with Gasteiger partial charge in [-0.05, 0) is 61.1 Å². The van der Waals surface area contributed by atoms with Crippen LogP contribution in [0.4, 0.5) is 0 Å². The first-order chi connectivity index (χ1) is 8.40. The molecule has 0 saturated heterocycles. The molecule has 0 aliphatic heterocycles. The summed E-state index contributed by atoms with van der Waals surface area (Å²) in [5, 5.41) is 9.23. The molecule has 1 unspecified atom stereocenters. The number of halogens is 1. The van der Waals surface area contributed by atoms with E-state index in [1.165, 1.54) is 15.3 Å². The van der Waals surface area contributed by atoms with Crippen LogP contribution in [0.2, 0.25) is 0 Å². The van der Waals surface area contributed by atoms with E-state index in [-0.39, 0.29) is 6.04 Å². The lowest BCUT2D eigenvalue weighted by Crippen LogP contribution is -2.13. The quantitative estimate of drug-likeness (QED) is 0.822. The SMILES string of the molecule is Cc1cc(C(C)n2cc(I)cc2C(=O)O)c(C)s1. The Labute approximate surface area is 124 Å². The molecule has 3 nitrogen and oxygen atoms in total. The number of hydrogen-bond acceptors (Lipinski definition) is 2. The van der Waals surface area contributed by atoms with E-state index in [0.717, 1.165) is 3.57 Å². The number of carbonyl (C=O) groups is 1. The first-order valence-corrected chi connectivity index (χ1v) is 7.47. The summed E-state index contributed by atoms with van der Waals surface area (Å²) in [4.78, 5) is 13.7. The molecule has 96 valence electrons. The first kappa shape index (κ1) is 13.6. The van der Waals surface area contributed by atoms with Crippen LogP contribution >= 0.6 is 33.9 Å². The van der Waals surface area contributed by atoms with Crippen molar-refractivity contribution in [3.63, 3.8) is 0 Å². The maximum absolute atomic E-state index is 11.2. The summed E-state index contributed by atoms with van der Waals surface area (Å²) in [6.45, 7) is 6.20. The van der Waals surface area contributed by atoms with Crippen LogP contribution in [0.25, 0.3) is 0 Å². The second kappa shape index (κ2) is 5.05. The minimum Gasteiger partial charge on any atom is -0.477 e. The molecule has 0 radical (unpaired) electrons. The van der Waals surface area contributed by atoms with E-state index in [2.05, 4.69) is 42.5 Å². The fourth-order valence-corrected chi connectivity index (χ4v) is 3.76. The summed E-state index contributed by atoms with van der Waals surface area (Å²) in [7, 11) is 0. The van der Waals surface area contributed by atoms with Crippen molar-refractivity contribution < 1.29 is 9.90 Å². The molecule has 5 heteroatoms. The van der Waals surface area contributed by atoms with Crippen molar-refractivity contribution >= 4 is 39.9 Å². The van der Waals surface area contributed by atoms with Crippen LogP contribution in [-0.4, -0.2) is 15.6 Å². The maximum Gasteiger partial charge on any atom is 0.352 e. The second-order valence-corrected chi connectivity index (χ2v) is 7.01. The van der Waals surface area contributed by atoms with Crippen LogP contribution in [0.1, 0.15) is 38.8 Å². The van der Waals surface area contributed by atoms with Crippen molar-refractivity contribution in [3.8, 4) is 0 Å². The molecule has 0 spiro atoms. The Hall–Kier alpha value is -0.820. The Morgan fingerprint density at radius 1 is 1.44 bits per heavy atom. The minimum atomic E-state index is -0.880. The fourth-order valence-electron chi connectivity index (χ4n) is 2.15. The molecule has 2 aromatic heterocycles. The van der Waals surface area contributed by atoms with Gasteiger partial charge in [0.1, 0.15) is 5.69 Å². The average molecular weight is 375 g/mol. The predicted octanol–water partition coefficient (Wildman–Crippen LogP) is 4.08. The Bertz CT molecular complexity index is 600. The van der Waals surface area contributed by atoms with Gasteiger partial charge in [0.25, 0.3) is 0 Å². The van der Waals surface area contributed by atoms with E-state index < -0.39 is 5.97 Å². The van der Waals surface area contributed by atoms with Gasteiger partial charge in [-0.2, -0.15) is 0 Å². The Morgan fingerprint density at radius 2 is 2.11 bits per heavy atom. The molecule has 2 rings (SSSR count). The zero-order valence-electron chi connectivity index (χ0n) is 10.4. The van der Waals surface area contributed by atoms with E-state index in [1.54, 1.807) is 17.4 Å². The van der Waals surface area contributed by atoms with Gasteiger partial charge in [-0.3, -0.25) is 0 Å². The highest BCUT2D eigenvalue weighted by Crippen LogP contribution is 2.30. The number of rotatable bonds is 3. The Kier molecular flexibility index (Phi) is 3.82. The minimum absolute atomic E-state index is 0.0459. The van der Waals surface area contributed by atoms with Gasteiger partial charge in [0.15, 0.2) is 0 Å². The summed E-state index contributed by atoms with van der Waals surface area (Å²) < 4.78 is 2.78. The van der Waals surface area contributed by atoms with Crippen LogP contribution in [0.3, 0.4) is 0 Å². The monoisotopic (exact) mass is 375 g/mol. The lowest BCUT2D eigenvalue weighted by atomic mass is 10.1. The highest BCUT2D eigenvalue weighted by Gasteiger charge is 2.19. The number of carboxylic acid groups (broad SMARTS) is 1. The van der Waals surface area contributed by atoms with E-state index in [4.69, 9.17) is 0 Å². The topological polar surface area (TPSA) is 42.2 Å². The fraction of sp³-hybridized carbons (Fsp3) is 0.308. The molecule has 2 heterocycles. The van der Waals surface area contributed by atoms with Crippen LogP contribution < -0.4 is 0 Å². The lowest BCUT2D eigenvalue weighted by molar-refractivity contribution is 0.0684. The molecule has 0 bridgehead atoms. The third kappa shape index (κ3) is 2.47. The third-order valence-corrected chi connectivity index (χ3v) is 4.55. The van der Waals surface area contributed by atoms with E-state index >= 15 is 0 Å². The molecule has 0 fully saturated rings. The third-order valence-electron chi connectivity index (χ3n) is 2.98. The van der Waals surface area contributed by atoms with Gasteiger partial charge in [0, 0.05) is 19.5 Å². The molecule has 2 aromatic rings. The molecule has 0 saturated carbocycles. The van der Waals surface area contributed by atoms with Crippen LogP contribution in [0, 0.1) is 17.4 Å².